The summed E-state index contributed by atoms with van der Waals surface area (Å²) in [5.41, 5.74) is 0. The van der Waals surface area contributed by atoms with Gasteiger partial charge >= 0.3 is 8.97 Å². The zero-order valence-corrected chi connectivity index (χ0v) is 11.7. The molecule has 0 heterocycles. The zero-order chi connectivity index (χ0) is 12.4. The van der Waals surface area contributed by atoms with Gasteiger partial charge < -0.3 is 17.8 Å². The molecule has 96 valence electrons. The van der Waals surface area contributed by atoms with Crippen molar-refractivity contribution in [1.29, 1.82) is 0 Å². The standard InChI is InChI=1S/C10H23NO4Si/c1-5-9-11(10-12)16(13-6-2,14-7-3)15-8-4/h10H,5-9H2,1-4H3. The minimum Gasteiger partial charge on any atom is -0.357 e. The molecule has 0 saturated heterocycles. The van der Waals surface area contributed by atoms with Gasteiger partial charge in [0, 0.05) is 26.4 Å². The monoisotopic (exact) mass is 249 g/mol. The Kier molecular flexibility index (Phi) is 8.45. The van der Waals surface area contributed by atoms with Crippen LogP contribution in [-0.2, 0) is 18.1 Å². The Morgan fingerprint density at radius 2 is 1.44 bits per heavy atom. The quantitative estimate of drug-likeness (QED) is 0.434. The average molecular weight is 249 g/mol. The third kappa shape index (κ3) is 4.21. The lowest BCUT2D eigenvalue weighted by Gasteiger charge is -2.34. The number of amides is 1. The van der Waals surface area contributed by atoms with Crippen molar-refractivity contribution < 1.29 is 18.1 Å². The Labute approximate surface area is 99.1 Å². The predicted molar refractivity (Wildman–Crippen MR) is 63.7 cm³/mol. The topological polar surface area (TPSA) is 48.0 Å². The van der Waals surface area contributed by atoms with Gasteiger partial charge in [-0.25, -0.2) is 0 Å². The van der Waals surface area contributed by atoms with Crippen molar-refractivity contribution in [2.75, 3.05) is 26.4 Å². The lowest BCUT2D eigenvalue weighted by molar-refractivity contribution is -0.119. The maximum absolute atomic E-state index is 11.1. The Bertz CT molecular complexity index is 175. The van der Waals surface area contributed by atoms with Crippen molar-refractivity contribution in [3.05, 3.63) is 0 Å². The van der Waals surface area contributed by atoms with Crippen molar-refractivity contribution in [3.63, 3.8) is 0 Å². The summed E-state index contributed by atoms with van der Waals surface area (Å²) in [7, 11) is -2.98. The second-order valence-electron chi connectivity index (χ2n) is 3.12. The number of hydrogen-bond acceptors (Lipinski definition) is 4. The molecule has 0 aliphatic rings. The van der Waals surface area contributed by atoms with Crippen LogP contribution < -0.4 is 0 Å². The van der Waals surface area contributed by atoms with Gasteiger partial charge in [0.15, 0.2) is 0 Å². The Morgan fingerprint density at radius 3 is 1.69 bits per heavy atom. The summed E-state index contributed by atoms with van der Waals surface area (Å²) in [6.45, 7) is 9.62. The fraction of sp³-hybridized carbons (Fsp3) is 0.900. The minimum atomic E-state index is -2.98. The molecule has 0 saturated carbocycles. The van der Waals surface area contributed by atoms with Crippen molar-refractivity contribution in [2.24, 2.45) is 0 Å². The summed E-state index contributed by atoms with van der Waals surface area (Å²) in [6.07, 6.45) is 1.61. The Hall–Kier alpha value is -0.433. The zero-order valence-electron chi connectivity index (χ0n) is 10.7. The summed E-state index contributed by atoms with van der Waals surface area (Å²) < 4.78 is 18.4. The SMILES string of the molecule is CCCN(C=O)[Si](OCC)(OCC)OCC. The first-order valence-electron chi connectivity index (χ1n) is 5.84. The van der Waals surface area contributed by atoms with Crippen LogP contribution >= 0.6 is 0 Å². The molecule has 0 aromatic rings. The fourth-order valence-corrected chi connectivity index (χ4v) is 3.88. The molecule has 1 amide bonds. The first-order chi connectivity index (χ1) is 7.70. The molecule has 16 heavy (non-hydrogen) atoms. The maximum atomic E-state index is 11.1. The molecule has 0 radical (unpaired) electrons. The number of carbonyl (C=O) groups is 1. The molecule has 0 aliphatic heterocycles. The molecule has 6 heteroatoms. The van der Waals surface area contributed by atoms with E-state index in [4.69, 9.17) is 13.3 Å². The normalized spacial score (nSPS) is 11.5. The van der Waals surface area contributed by atoms with Crippen LogP contribution in [0.3, 0.4) is 0 Å². The van der Waals surface area contributed by atoms with Gasteiger partial charge in [0.1, 0.15) is 0 Å². The Morgan fingerprint density at radius 1 is 1.00 bits per heavy atom. The van der Waals surface area contributed by atoms with Crippen LogP contribution in [0, 0.1) is 0 Å². The molecule has 0 aromatic heterocycles. The van der Waals surface area contributed by atoms with E-state index in [2.05, 4.69) is 0 Å². The van der Waals surface area contributed by atoms with Crippen molar-refractivity contribution >= 4 is 15.4 Å². The second-order valence-corrected chi connectivity index (χ2v) is 5.61. The molecule has 5 nitrogen and oxygen atoms in total. The number of rotatable bonds is 10. The molecular formula is C10H23NO4Si. The van der Waals surface area contributed by atoms with Crippen LogP contribution in [-0.4, -0.2) is 46.3 Å². The van der Waals surface area contributed by atoms with E-state index in [1.54, 1.807) is 4.57 Å². The van der Waals surface area contributed by atoms with Crippen LogP contribution in [0.5, 0.6) is 0 Å². The molecule has 0 N–H and O–H groups in total. The first kappa shape index (κ1) is 15.6. The van der Waals surface area contributed by atoms with E-state index >= 15 is 0 Å². The number of nitrogens with zero attached hydrogens (tertiary/aromatic N) is 1. The highest BCUT2D eigenvalue weighted by Gasteiger charge is 2.48. The first-order valence-corrected chi connectivity index (χ1v) is 7.51. The molecule has 0 atom stereocenters. The third-order valence-electron chi connectivity index (χ3n) is 1.92. The molecule has 0 unspecified atom stereocenters. The lowest BCUT2D eigenvalue weighted by Crippen LogP contribution is -2.61. The maximum Gasteiger partial charge on any atom is 0.635 e. The van der Waals surface area contributed by atoms with Gasteiger partial charge in [-0.05, 0) is 27.2 Å². The Balaban J connectivity index is 4.85. The number of hydrogen-bond donors (Lipinski definition) is 0. The summed E-state index contributed by atoms with van der Waals surface area (Å²) in [4.78, 5) is 11.1. The van der Waals surface area contributed by atoms with E-state index in [-0.39, 0.29) is 0 Å². The van der Waals surface area contributed by atoms with Crippen molar-refractivity contribution in [1.82, 2.24) is 4.57 Å². The smallest absolute Gasteiger partial charge is 0.357 e. The molecule has 0 aromatic carbocycles. The average Bonchev–Trinajstić information content (AvgIpc) is 2.26. The van der Waals surface area contributed by atoms with Crippen LogP contribution in [0.2, 0.25) is 0 Å². The molecular weight excluding hydrogens is 226 g/mol. The van der Waals surface area contributed by atoms with Gasteiger partial charge in [-0.2, -0.15) is 0 Å². The third-order valence-corrected chi connectivity index (χ3v) is 4.92. The highest BCUT2D eigenvalue weighted by Crippen LogP contribution is 2.15. The molecule has 0 rings (SSSR count). The molecule has 0 spiro atoms. The molecule has 0 aliphatic carbocycles. The van der Waals surface area contributed by atoms with Crippen molar-refractivity contribution in [3.8, 4) is 0 Å². The van der Waals surface area contributed by atoms with Gasteiger partial charge in [-0.15, -0.1) is 0 Å². The van der Waals surface area contributed by atoms with Gasteiger partial charge in [-0.1, -0.05) is 6.92 Å². The van der Waals surface area contributed by atoms with E-state index in [1.165, 1.54) is 0 Å². The van der Waals surface area contributed by atoms with E-state index in [0.717, 1.165) is 12.8 Å². The van der Waals surface area contributed by atoms with Crippen LogP contribution in [0.1, 0.15) is 34.1 Å². The van der Waals surface area contributed by atoms with Gasteiger partial charge in [0.05, 0.1) is 0 Å². The highest BCUT2D eigenvalue weighted by molar-refractivity contribution is 6.59. The predicted octanol–water partition coefficient (Wildman–Crippen LogP) is 1.40. The number of carbonyl (C=O) groups excluding carboxylic acids is 1. The van der Waals surface area contributed by atoms with Crippen LogP contribution in [0.15, 0.2) is 0 Å². The summed E-state index contributed by atoms with van der Waals surface area (Å²) >= 11 is 0. The largest absolute Gasteiger partial charge is 0.635 e. The minimum absolute atomic E-state index is 0.472. The van der Waals surface area contributed by atoms with E-state index in [9.17, 15) is 4.79 Å². The highest BCUT2D eigenvalue weighted by atomic mass is 28.4. The van der Waals surface area contributed by atoms with E-state index in [0.29, 0.717) is 26.4 Å². The fourth-order valence-electron chi connectivity index (χ4n) is 1.42. The van der Waals surface area contributed by atoms with E-state index < -0.39 is 8.97 Å². The lowest BCUT2D eigenvalue weighted by atomic mass is 10.5. The molecule has 0 bridgehead atoms. The second kappa shape index (κ2) is 8.69. The van der Waals surface area contributed by atoms with E-state index in [1.807, 2.05) is 27.7 Å². The summed E-state index contributed by atoms with van der Waals surface area (Å²) in [5, 5.41) is 0. The van der Waals surface area contributed by atoms with Crippen LogP contribution in [0.25, 0.3) is 0 Å². The van der Waals surface area contributed by atoms with Gasteiger partial charge in [0.2, 0.25) is 6.41 Å². The summed E-state index contributed by atoms with van der Waals surface area (Å²) in [5.74, 6) is 0. The van der Waals surface area contributed by atoms with Gasteiger partial charge in [0.25, 0.3) is 0 Å². The molecule has 0 fully saturated rings. The van der Waals surface area contributed by atoms with Gasteiger partial charge in [-0.3, -0.25) is 4.79 Å². The van der Waals surface area contributed by atoms with Crippen molar-refractivity contribution in [2.45, 2.75) is 34.1 Å². The summed E-state index contributed by atoms with van der Waals surface area (Å²) in [6, 6.07) is 0. The van der Waals surface area contributed by atoms with Crippen LogP contribution in [0.4, 0.5) is 0 Å².